The van der Waals surface area contributed by atoms with E-state index in [1.54, 1.807) is 18.0 Å². The van der Waals surface area contributed by atoms with Crippen molar-refractivity contribution in [2.24, 2.45) is 0 Å². The van der Waals surface area contributed by atoms with Gasteiger partial charge in [-0.25, -0.2) is 0 Å². The lowest BCUT2D eigenvalue weighted by atomic mass is 10.1. The van der Waals surface area contributed by atoms with E-state index in [4.69, 9.17) is 11.6 Å². The van der Waals surface area contributed by atoms with Crippen LogP contribution in [0.5, 0.6) is 0 Å². The summed E-state index contributed by atoms with van der Waals surface area (Å²) in [5.74, 6) is -0.158. The predicted molar refractivity (Wildman–Crippen MR) is 82.6 cm³/mol. The monoisotopic (exact) mass is 288 g/mol. The van der Waals surface area contributed by atoms with Crippen LogP contribution in [-0.4, -0.2) is 17.9 Å². The highest BCUT2D eigenvalue weighted by Crippen LogP contribution is 2.24. The van der Waals surface area contributed by atoms with Gasteiger partial charge in [0.2, 0.25) is 0 Å². The highest BCUT2D eigenvalue weighted by Gasteiger charge is 2.18. The van der Waals surface area contributed by atoms with Gasteiger partial charge in [-0.1, -0.05) is 29.3 Å². The minimum atomic E-state index is -0.158. The Labute approximate surface area is 124 Å². The zero-order valence-corrected chi connectivity index (χ0v) is 12.8. The largest absolute Gasteiger partial charge is 0.311 e. The van der Waals surface area contributed by atoms with Crippen molar-refractivity contribution < 1.29 is 4.79 Å². The summed E-state index contributed by atoms with van der Waals surface area (Å²) in [5, 5.41) is 0.430. The first-order chi connectivity index (χ1) is 9.40. The van der Waals surface area contributed by atoms with Crippen molar-refractivity contribution in [2.45, 2.75) is 20.8 Å². The van der Waals surface area contributed by atoms with Crippen molar-refractivity contribution in [3.8, 4) is 0 Å². The maximum absolute atomic E-state index is 12.5. The summed E-state index contributed by atoms with van der Waals surface area (Å²) < 4.78 is 0. The fourth-order valence-electron chi connectivity index (χ4n) is 2.16. The van der Waals surface area contributed by atoms with Gasteiger partial charge >= 0.3 is 0 Å². The lowest BCUT2D eigenvalue weighted by Crippen LogP contribution is -2.27. The Morgan fingerprint density at radius 3 is 2.50 bits per heavy atom. The summed E-state index contributed by atoms with van der Waals surface area (Å²) in [6, 6.07) is 7.68. The first-order valence-electron chi connectivity index (χ1n) is 6.37. The third kappa shape index (κ3) is 2.83. The zero-order chi connectivity index (χ0) is 14.9. The molecule has 104 valence electrons. The summed E-state index contributed by atoms with van der Waals surface area (Å²) in [6.07, 6.45) is 1.53. The number of hydrogen-bond acceptors (Lipinski definition) is 2. The average molecular weight is 289 g/mol. The molecule has 3 nitrogen and oxygen atoms in total. The molecular formula is C16H17ClN2O. The Bertz CT molecular complexity index is 668. The summed E-state index contributed by atoms with van der Waals surface area (Å²) in [7, 11) is 1.75. The Kier molecular flexibility index (Phi) is 4.09. The highest BCUT2D eigenvalue weighted by molar-refractivity contribution is 6.34. The number of rotatable bonds is 2. The molecule has 0 bridgehead atoms. The van der Waals surface area contributed by atoms with E-state index in [0.717, 1.165) is 16.9 Å². The van der Waals surface area contributed by atoms with Gasteiger partial charge in [0.15, 0.2) is 0 Å². The number of aromatic nitrogens is 1. The molecule has 1 aromatic heterocycles. The third-order valence-electron chi connectivity index (χ3n) is 3.24. The van der Waals surface area contributed by atoms with Crippen LogP contribution in [0.15, 0.2) is 30.5 Å². The first-order valence-corrected chi connectivity index (χ1v) is 6.75. The minimum absolute atomic E-state index is 0.158. The maximum atomic E-state index is 12.5. The first kappa shape index (κ1) is 14.5. The van der Waals surface area contributed by atoms with Gasteiger partial charge in [0.1, 0.15) is 0 Å². The van der Waals surface area contributed by atoms with Crippen molar-refractivity contribution >= 4 is 23.2 Å². The van der Waals surface area contributed by atoms with E-state index in [2.05, 4.69) is 4.98 Å². The predicted octanol–water partition coefficient (Wildman–Crippen LogP) is 3.94. The quantitative estimate of drug-likeness (QED) is 0.839. The molecule has 0 atom stereocenters. The molecular weight excluding hydrogens is 272 g/mol. The van der Waals surface area contributed by atoms with Crippen LogP contribution in [0.1, 0.15) is 27.2 Å². The lowest BCUT2D eigenvalue weighted by Gasteiger charge is -2.20. The van der Waals surface area contributed by atoms with Gasteiger partial charge in [0.05, 0.1) is 10.6 Å². The van der Waals surface area contributed by atoms with Crippen molar-refractivity contribution in [1.82, 2.24) is 4.98 Å². The smallest absolute Gasteiger partial charge is 0.261 e. The van der Waals surface area contributed by atoms with Crippen LogP contribution in [0.2, 0.25) is 5.02 Å². The fourth-order valence-corrected chi connectivity index (χ4v) is 2.44. The molecule has 0 unspecified atom stereocenters. The molecule has 0 aliphatic rings. The average Bonchev–Trinajstić information content (AvgIpc) is 2.37. The lowest BCUT2D eigenvalue weighted by molar-refractivity contribution is 0.0992. The van der Waals surface area contributed by atoms with E-state index in [1.807, 2.05) is 39.0 Å². The molecule has 4 heteroatoms. The number of pyridine rings is 1. The van der Waals surface area contributed by atoms with Gasteiger partial charge in [0.25, 0.3) is 5.91 Å². The molecule has 0 radical (unpaired) electrons. The topological polar surface area (TPSA) is 33.2 Å². The zero-order valence-electron chi connectivity index (χ0n) is 12.1. The molecule has 1 amide bonds. The fraction of sp³-hybridized carbons (Fsp3) is 0.250. The Hall–Kier alpha value is -1.87. The van der Waals surface area contributed by atoms with Crippen LogP contribution < -0.4 is 4.90 Å². The van der Waals surface area contributed by atoms with Crippen LogP contribution in [0.3, 0.4) is 0 Å². The minimum Gasteiger partial charge on any atom is -0.311 e. The van der Waals surface area contributed by atoms with Crippen LogP contribution in [0.4, 0.5) is 5.69 Å². The summed E-state index contributed by atoms with van der Waals surface area (Å²) >= 11 is 6.13. The van der Waals surface area contributed by atoms with E-state index in [9.17, 15) is 4.79 Å². The molecule has 0 saturated heterocycles. The summed E-state index contributed by atoms with van der Waals surface area (Å²) in [5.41, 5.74) is 4.30. The summed E-state index contributed by atoms with van der Waals surface area (Å²) in [6.45, 7) is 5.86. The number of anilines is 1. The SMILES string of the molecule is Cc1ccc(N(C)C(=O)c2cnc(C)cc2Cl)c(C)c1. The molecule has 2 rings (SSSR count). The van der Waals surface area contributed by atoms with E-state index < -0.39 is 0 Å². The van der Waals surface area contributed by atoms with Crippen LogP contribution >= 0.6 is 11.6 Å². The second-order valence-corrected chi connectivity index (χ2v) is 5.37. The van der Waals surface area contributed by atoms with Gasteiger partial charge in [-0.3, -0.25) is 9.78 Å². The van der Waals surface area contributed by atoms with E-state index in [-0.39, 0.29) is 5.91 Å². The Balaban J connectivity index is 2.37. The normalized spacial score (nSPS) is 10.4. The summed E-state index contributed by atoms with van der Waals surface area (Å²) in [4.78, 5) is 18.3. The highest BCUT2D eigenvalue weighted by atomic mass is 35.5. The standard InChI is InChI=1S/C16H17ClN2O/c1-10-5-6-15(11(2)7-10)19(4)16(20)13-9-18-12(3)8-14(13)17/h5-9H,1-4H3. The number of hydrogen-bond donors (Lipinski definition) is 0. The molecule has 0 fully saturated rings. The van der Waals surface area contributed by atoms with Gasteiger partial charge in [0, 0.05) is 24.6 Å². The second kappa shape index (κ2) is 5.63. The number of carbonyl (C=O) groups is 1. The molecule has 0 aliphatic heterocycles. The molecule has 0 aliphatic carbocycles. The number of benzene rings is 1. The molecule has 0 spiro atoms. The number of halogens is 1. The Morgan fingerprint density at radius 2 is 1.90 bits per heavy atom. The molecule has 1 aromatic carbocycles. The molecule has 2 aromatic rings. The second-order valence-electron chi connectivity index (χ2n) is 4.96. The number of amides is 1. The number of nitrogens with zero attached hydrogens (tertiary/aromatic N) is 2. The molecule has 1 heterocycles. The van der Waals surface area contributed by atoms with Crippen molar-refractivity contribution in [3.63, 3.8) is 0 Å². The van der Waals surface area contributed by atoms with Crippen molar-refractivity contribution in [1.29, 1.82) is 0 Å². The van der Waals surface area contributed by atoms with Crippen molar-refractivity contribution in [3.05, 3.63) is 57.9 Å². The third-order valence-corrected chi connectivity index (χ3v) is 3.55. The Morgan fingerprint density at radius 1 is 1.20 bits per heavy atom. The van der Waals surface area contributed by atoms with E-state index in [0.29, 0.717) is 10.6 Å². The number of carbonyl (C=O) groups excluding carboxylic acids is 1. The number of aryl methyl sites for hydroxylation is 3. The van der Waals surface area contributed by atoms with Crippen LogP contribution in [0.25, 0.3) is 0 Å². The molecule has 0 saturated carbocycles. The van der Waals surface area contributed by atoms with E-state index in [1.165, 1.54) is 11.8 Å². The van der Waals surface area contributed by atoms with Gasteiger partial charge in [-0.2, -0.15) is 0 Å². The van der Waals surface area contributed by atoms with Crippen LogP contribution in [-0.2, 0) is 0 Å². The van der Waals surface area contributed by atoms with E-state index >= 15 is 0 Å². The maximum Gasteiger partial charge on any atom is 0.261 e. The van der Waals surface area contributed by atoms with Crippen molar-refractivity contribution in [2.75, 3.05) is 11.9 Å². The van der Waals surface area contributed by atoms with Crippen LogP contribution in [0, 0.1) is 20.8 Å². The van der Waals surface area contributed by atoms with Gasteiger partial charge in [-0.15, -0.1) is 0 Å². The van der Waals surface area contributed by atoms with Gasteiger partial charge in [-0.05, 0) is 38.5 Å². The molecule has 20 heavy (non-hydrogen) atoms. The van der Waals surface area contributed by atoms with Gasteiger partial charge < -0.3 is 4.90 Å². The molecule has 0 N–H and O–H groups in total.